The van der Waals surface area contributed by atoms with E-state index in [9.17, 15) is 9.59 Å². The summed E-state index contributed by atoms with van der Waals surface area (Å²) in [6.07, 6.45) is 2.83. The van der Waals surface area contributed by atoms with Crippen LogP contribution in [0, 0.1) is 0 Å². The van der Waals surface area contributed by atoms with Crippen molar-refractivity contribution in [2.24, 2.45) is 0 Å². The molecule has 4 nitrogen and oxygen atoms in total. The summed E-state index contributed by atoms with van der Waals surface area (Å²) in [4.78, 5) is 24.5. The van der Waals surface area contributed by atoms with Crippen molar-refractivity contribution in [1.29, 1.82) is 0 Å². The standard InChI is InChI=1S/C21H23NO3/c1-15(20(23)22-18-13-14-18)25-21(24)19-10-6-5-9-17(19)12-11-16-7-3-2-4-8-16/h2-10,15,18H,11-14H2,1H3,(H,22,23). The van der Waals surface area contributed by atoms with E-state index < -0.39 is 12.1 Å². The van der Waals surface area contributed by atoms with Gasteiger partial charge in [0.1, 0.15) is 0 Å². The van der Waals surface area contributed by atoms with Crippen LogP contribution < -0.4 is 5.32 Å². The number of hydrogen-bond acceptors (Lipinski definition) is 3. The molecule has 130 valence electrons. The van der Waals surface area contributed by atoms with Crippen LogP contribution in [0.5, 0.6) is 0 Å². The van der Waals surface area contributed by atoms with Gasteiger partial charge in [-0.3, -0.25) is 4.79 Å². The lowest BCUT2D eigenvalue weighted by atomic mass is 10.00. The van der Waals surface area contributed by atoms with Crippen LogP contribution in [0.1, 0.15) is 41.3 Å². The van der Waals surface area contributed by atoms with E-state index in [0.717, 1.165) is 31.2 Å². The van der Waals surface area contributed by atoms with Gasteiger partial charge in [-0.15, -0.1) is 0 Å². The van der Waals surface area contributed by atoms with E-state index in [2.05, 4.69) is 17.4 Å². The zero-order chi connectivity index (χ0) is 17.6. The molecule has 1 amide bonds. The average Bonchev–Trinajstić information content (AvgIpc) is 3.45. The van der Waals surface area contributed by atoms with Crippen LogP contribution in [-0.2, 0) is 22.4 Å². The van der Waals surface area contributed by atoms with E-state index in [0.29, 0.717) is 5.56 Å². The third kappa shape index (κ3) is 4.92. The maximum atomic E-state index is 12.5. The van der Waals surface area contributed by atoms with Gasteiger partial charge in [0.2, 0.25) is 0 Å². The topological polar surface area (TPSA) is 55.4 Å². The number of benzene rings is 2. The largest absolute Gasteiger partial charge is 0.449 e. The smallest absolute Gasteiger partial charge is 0.339 e. The van der Waals surface area contributed by atoms with Gasteiger partial charge >= 0.3 is 5.97 Å². The van der Waals surface area contributed by atoms with Crippen molar-refractivity contribution >= 4 is 11.9 Å². The van der Waals surface area contributed by atoms with Crippen molar-refractivity contribution in [3.05, 3.63) is 71.3 Å². The van der Waals surface area contributed by atoms with Crippen molar-refractivity contribution in [2.45, 2.75) is 44.8 Å². The molecule has 0 heterocycles. The molecule has 1 saturated carbocycles. The highest BCUT2D eigenvalue weighted by molar-refractivity contribution is 5.93. The molecule has 0 aliphatic heterocycles. The van der Waals surface area contributed by atoms with Crippen molar-refractivity contribution in [3.8, 4) is 0 Å². The van der Waals surface area contributed by atoms with Crippen molar-refractivity contribution in [2.75, 3.05) is 0 Å². The molecule has 0 bridgehead atoms. The Labute approximate surface area is 148 Å². The fourth-order valence-electron chi connectivity index (χ4n) is 2.68. The first-order chi connectivity index (χ1) is 12.1. The lowest BCUT2D eigenvalue weighted by Crippen LogP contribution is -2.37. The molecule has 1 atom stereocenters. The number of carbonyl (C=O) groups is 2. The van der Waals surface area contributed by atoms with Gasteiger partial charge < -0.3 is 10.1 Å². The number of esters is 1. The Kier molecular flexibility index (Phi) is 5.49. The van der Waals surface area contributed by atoms with Crippen LogP contribution in [0.15, 0.2) is 54.6 Å². The predicted octanol–water partition coefficient (Wildman–Crippen LogP) is 3.30. The van der Waals surface area contributed by atoms with E-state index in [1.807, 2.05) is 36.4 Å². The molecule has 0 saturated heterocycles. The molecule has 0 spiro atoms. The predicted molar refractivity (Wildman–Crippen MR) is 96.3 cm³/mol. The zero-order valence-corrected chi connectivity index (χ0v) is 14.4. The number of rotatable bonds is 7. The molecule has 2 aromatic carbocycles. The summed E-state index contributed by atoms with van der Waals surface area (Å²) >= 11 is 0. The summed E-state index contributed by atoms with van der Waals surface area (Å²) in [6.45, 7) is 1.61. The van der Waals surface area contributed by atoms with Gasteiger partial charge in [0.05, 0.1) is 5.56 Å². The highest BCUT2D eigenvalue weighted by Gasteiger charge is 2.27. The van der Waals surface area contributed by atoms with Crippen molar-refractivity contribution in [3.63, 3.8) is 0 Å². The minimum absolute atomic E-state index is 0.224. The molecule has 4 heteroatoms. The first kappa shape index (κ1) is 17.2. The fraction of sp³-hybridized carbons (Fsp3) is 0.333. The van der Waals surface area contributed by atoms with Crippen LogP contribution in [-0.4, -0.2) is 24.0 Å². The first-order valence-corrected chi connectivity index (χ1v) is 8.76. The summed E-state index contributed by atoms with van der Waals surface area (Å²) in [5, 5.41) is 2.86. The maximum absolute atomic E-state index is 12.5. The molecule has 3 rings (SSSR count). The normalized spacial score (nSPS) is 14.6. The highest BCUT2D eigenvalue weighted by Crippen LogP contribution is 2.19. The molecule has 1 unspecified atom stereocenters. The van der Waals surface area contributed by atoms with Crippen LogP contribution in [0.2, 0.25) is 0 Å². The third-order valence-corrected chi connectivity index (χ3v) is 4.34. The highest BCUT2D eigenvalue weighted by atomic mass is 16.5. The average molecular weight is 337 g/mol. The van der Waals surface area contributed by atoms with Crippen LogP contribution >= 0.6 is 0 Å². The van der Waals surface area contributed by atoms with E-state index in [-0.39, 0.29) is 11.9 Å². The molecule has 1 N–H and O–H groups in total. The van der Waals surface area contributed by atoms with Crippen molar-refractivity contribution < 1.29 is 14.3 Å². The number of nitrogens with one attached hydrogen (secondary N) is 1. The Morgan fingerprint density at radius 3 is 2.44 bits per heavy atom. The van der Waals surface area contributed by atoms with Gasteiger partial charge in [0.25, 0.3) is 5.91 Å². The first-order valence-electron chi connectivity index (χ1n) is 8.76. The Morgan fingerprint density at radius 1 is 1.04 bits per heavy atom. The summed E-state index contributed by atoms with van der Waals surface area (Å²) in [5.74, 6) is -0.667. The fourth-order valence-corrected chi connectivity index (χ4v) is 2.68. The van der Waals surface area contributed by atoms with Crippen molar-refractivity contribution in [1.82, 2.24) is 5.32 Å². The summed E-state index contributed by atoms with van der Waals surface area (Å²) < 4.78 is 5.37. The van der Waals surface area contributed by atoms with E-state index in [1.54, 1.807) is 13.0 Å². The Morgan fingerprint density at radius 2 is 1.72 bits per heavy atom. The molecular formula is C21H23NO3. The van der Waals surface area contributed by atoms with Gasteiger partial charge in [-0.05, 0) is 49.8 Å². The van der Waals surface area contributed by atoms with Gasteiger partial charge in [0, 0.05) is 6.04 Å². The second kappa shape index (κ2) is 7.97. The van der Waals surface area contributed by atoms with Crippen LogP contribution in [0.25, 0.3) is 0 Å². The minimum Gasteiger partial charge on any atom is -0.449 e. The lowest BCUT2D eigenvalue weighted by Gasteiger charge is -2.15. The van der Waals surface area contributed by atoms with Gasteiger partial charge in [0.15, 0.2) is 6.10 Å². The van der Waals surface area contributed by atoms with Crippen LogP contribution in [0.3, 0.4) is 0 Å². The van der Waals surface area contributed by atoms with E-state index in [1.165, 1.54) is 5.56 Å². The van der Waals surface area contributed by atoms with E-state index >= 15 is 0 Å². The van der Waals surface area contributed by atoms with Gasteiger partial charge in [-0.1, -0.05) is 48.5 Å². The summed E-state index contributed by atoms with van der Waals surface area (Å²) in [7, 11) is 0. The quantitative estimate of drug-likeness (QED) is 0.789. The van der Waals surface area contributed by atoms with Gasteiger partial charge in [-0.2, -0.15) is 0 Å². The van der Waals surface area contributed by atoms with Crippen LogP contribution in [0.4, 0.5) is 0 Å². The maximum Gasteiger partial charge on any atom is 0.339 e. The summed E-state index contributed by atoms with van der Waals surface area (Å²) in [6, 6.07) is 17.8. The van der Waals surface area contributed by atoms with E-state index in [4.69, 9.17) is 4.74 Å². The number of aryl methyl sites for hydroxylation is 2. The minimum atomic E-state index is -0.782. The summed E-state index contributed by atoms with van der Waals surface area (Å²) in [5.41, 5.74) is 2.69. The Balaban J connectivity index is 1.62. The molecule has 0 radical (unpaired) electrons. The van der Waals surface area contributed by atoms with Gasteiger partial charge in [-0.25, -0.2) is 4.79 Å². The molecular weight excluding hydrogens is 314 g/mol. The molecule has 0 aromatic heterocycles. The Hall–Kier alpha value is -2.62. The monoisotopic (exact) mass is 337 g/mol. The number of carbonyl (C=O) groups excluding carboxylic acids is 2. The second-order valence-corrected chi connectivity index (χ2v) is 6.47. The molecule has 1 aliphatic rings. The molecule has 1 fully saturated rings. The Bertz CT molecular complexity index is 738. The molecule has 25 heavy (non-hydrogen) atoms. The zero-order valence-electron chi connectivity index (χ0n) is 14.4. The third-order valence-electron chi connectivity index (χ3n) is 4.34. The second-order valence-electron chi connectivity index (χ2n) is 6.47. The number of hydrogen-bond donors (Lipinski definition) is 1. The molecule has 1 aliphatic carbocycles. The SMILES string of the molecule is CC(OC(=O)c1ccccc1CCc1ccccc1)C(=O)NC1CC1. The number of amides is 1. The number of ether oxygens (including phenoxy) is 1. The lowest BCUT2D eigenvalue weighted by molar-refractivity contribution is -0.129. The molecule has 2 aromatic rings.